The highest BCUT2D eigenvalue weighted by Crippen LogP contribution is 2.37. The number of rotatable bonds is 8. The van der Waals surface area contributed by atoms with Gasteiger partial charge in [-0.25, -0.2) is 8.42 Å². The third-order valence-electron chi connectivity index (χ3n) is 6.39. The van der Waals surface area contributed by atoms with E-state index in [1.54, 1.807) is 6.07 Å². The second-order valence-electron chi connectivity index (χ2n) is 9.03. The highest BCUT2D eigenvalue weighted by atomic mass is 32.2. The number of unbranched alkanes of at least 4 members (excludes halogenated alkanes) is 1. The summed E-state index contributed by atoms with van der Waals surface area (Å²) in [4.78, 5) is 27.6. The first kappa shape index (κ1) is 27.9. The van der Waals surface area contributed by atoms with Gasteiger partial charge in [-0.15, -0.1) is 0 Å². The molecule has 2 aliphatic heterocycles. The molecule has 1 saturated heterocycles. The Morgan fingerprint density at radius 2 is 1.87 bits per heavy atom. The summed E-state index contributed by atoms with van der Waals surface area (Å²) >= 11 is 0. The van der Waals surface area contributed by atoms with E-state index in [4.69, 9.17) is 4.74 Å². The van der Waals surface area contributed by atoms with Crippen LogP contribution in [-0.2, 0) is 30.5 Å². The molecule has 0 unspecified atom stereocenters. The highest BCUT2D eigenvalue weighted by Gasteiger charge is 2.37. The van der Waals surface area contributed by atoms with E-state index in [1.807, 2.05) is 6.92 Å². The van der Waals surface area contributed by atoms with Crippen LogP contribution < -0.4 is 15.5 Å². The van der Waals surface area contributed by atoms with Gasteiger partial charge in [0.25, 0.3) is 0 Å². The molecule has 0 saturated carbocycles. The van der Waals surface area contributed by atoms with E-state index in [9.17, 15) is 31.2 Å². The second-order valence-corrected chi connectivity index (χ2v) is 11.0. The Labute approximate surface area is 219 Å². The van der Waals surface area contributed by atoms with E-state index in [2.05, 4.69) is 10.6 Å². The fourth-order valence-electron chi connectivity index (χ4n) is 4.43. The number of carbonyl (C=O) groups is 2. The lowest BCUT2D eigenvalue weighted by molar-refractivity contribution is -0.137. The van der Waals surface area contributed by atoms with Crippen LogP contribution in [0.3, 0.4) is 0 Å². The molecular formula is C25H29F3N4O5S. The molecule has 0 aliphatic carbocycles. The molecule has 9 nitrogen and oxygen atoms in total. The third kappa shape index (κ3) is 5.94. The topological polar surface area (TPSA) is 108 Å². The van der Waals surface area contributed by atoms with E-state index in [-0.39, 0.29) is 31.2 Å². The molecule has 2 aromatic carbocycles. The van der Waals surface area contributed by atoms with Crippen LogP contribution in [-0.4, -0.2) is 63.4 Å². The van der Waals surface area contributed by atoms with Crippen molar-refractivity contribution < 1.29 is 35.9 Å². The van der Waals surface area contributed by atoms with Gasteiger partial charge in [0.2, 0.25) is 21.8 Å². The number of nitrogens with zero attached hydrogens (tertiary/aromatic N) is 2. The molecular weight excluding hydrogens is 525 g/mol. The number of fused-ring (bicyclic) bond motifs is 1. The number of nitrogens with one attached hydrogen (secondary N) is 2. The molecule has 1 atom stereocenters. The van der Waals surface area contributed by atoms with Crippen LogP contribution in [0.4, 0.5) is 30.2 Å². The Morgan fingerprint density at radius 3 is 2.55 bits per heavy atom. The lowest BCUT2D eigenvalue weighted by Crippen LogP contribution is -2.49. The Hall–Kier alpha value is -3.16. The van der Waals surface area contributed by atoms with Crippen molar-refractivity contribution in [3.63, 3.8) is 0 Å². The van der Waals surface area contributed by atoms with Crippen molar-refractivity contribution in [1.29, 1.82) is 0 Å². The Kier molecular flexibility index (Phi) is 8.28. The first-order valence-corrected chi connectivity index (χ1v) is 13.7. The van der Waals surface area contributed by atoms with Crippen LogP contribution in [0.1, 0.15) is 31.7 Å². The molecule has 38 heavy (non-hydrogen) atoms. The first-order valence-electron chi connectivity index (χ1n) is 12.3. The molecule has 13 heteroatoms. The molecule has 0 aromatic heterocycles. The average Bonchev–Trinajstić information content (AvgIpc) is 2.88. The fraction of sp³-hybridized carbons (Fsp3) is 0.440. The lowest BCUT2D eigenvalue weighted by atomic mass is 10.0. The monoisotopic (exact) mass is 554 g/mol. The summed E-state index contributed by atoms with van der Waals surface area (Å²) in [5.74, 6) is -1.21. The van der Waals surface area contributed by atoms with Crippen molar-refractivity contribution in [3.8, 4) is 0 Å². The van der Waals surface area contributed by atoms with E-state index in [1.165, 1.54) is 33.5 Å². The molecule has 0 bridgehead atoms. The Morgan fingerprint density at radius 1 is 1.16 bits per heavy atom. The fourth-order valence-corrected chi connectivity index (χ4v) is 5.86. The summed E-state index contributed by atoms with van der Waals surface area (Å²) in [6, 6.07) is 7.91. The number of halogens is 3. The van der Waals surface area contributed by atoms with Crippen LogP contribution in [0.2, 0.25) is 0 Å². The molecule has 2 aliphatic rings. The number of para-hydroxylation sites is 1. The van der Waals surface area contributed by atoms with Crippen molar-refractivity contribution in [2.24, 2.45) is 0 Å². The smallest absolute Gasteiger partial charge is 0.379 e. The quantitative estimate of drug-likeness (QED) is 0.516. The van der Waals surface area contributed by atoms with Crippen molar-refractivity contribution >= 4 is 38.9 Å². The zero-order valence-corrected chi connectivity index (χ0v) is 21.6. The van der Waals surface area contributed by atoms with Crippen molar-refractivity contribution in [1.82, 2.24) is 4.31 Å². The number of hydrogen-bond acceptors (Lipinski definition) is 6. The Bertz CT molecular complexity index is 1300. The molecule has 0 radical (unpaired) electrons. The summed E-state index contributed by atoms with van der Waals surface area (Å²) < 4.78 is 72.9. The van der Waals surface area contributed by atoms with Gasteiger partial charge in [0.15, 0.2) is 0 Å². The van der Waals surface area contributed by atoms with Crippen molar-refractivity contribution in [2.45, 2.75) is 43.3 Å². The van der Waals surface area contributed by atoms with Gasteiger partial charge in [-0.1, -0.05) is 25.5 Å². The number of ether oxygens (including phenoxy) is 1. The number of anilines is 3. The number of amides is 2. The van der Waals surface area contributed by atoms with Gasteiger partial charge in [0.05, 0.1) is 47.2 Å². The number of hydrogen-bond donors (Lipinski definition) is 2. The summed E-state index contributed by atoms with van der Waals surface area (Å²) in [5, 5.41) is 5.21. The maximum Gasteiger partial charge on any atom is 0.418 e. The van der Waals surface area contributed by atoms with E-state index < -0.39 is 51.7 Å². The molecule has 2 amide bonds. The van der Waals surface area contributed by atoms with Gasteiger partial charge in [0, 0.05) is 19.6 Å². The second kappa shape index (κ2) is 11.3. The zero-order chi connectivity index (χ0) is 27.5. The third-order valence-corrected chi connectivity index (χ3v) is 8.29. The maximum absolute atomic E-state index is 13.3. The molecule has 206 valence electrons. The van der Waals surface area contributed by atoms with Crippen LogP contribution in [0.25, 0.3) is 0 Å². The van der Waals surface area contributed by atoms with Crippen LogP contribution in [0.5, 0.6) is 0 Å². The predicted octanol–water partition coefficient (Wildman–Crippen LogP) is 3.68. The molecule has 2 heterocycles. The summed E-state index contributed by atoms with van der Waals surface area (Å²) in [7, 11) is -3.82. The van der Waals surface area contributed by atoms with Crippen LogP contribution in [0.15, 0.2) is 47.4 Å². The number of carbonyl (C=O) groups excluding carboxylic acids is 2. The van der Waals surface area contributed by atoms with Crippen LogP contribution in [0, 0.1) is 0 Å². The predicted molar refractivity (Wildman–Crippen MR) is 135 cm³/mol. The average molecular weight is 555 g/mol. The van der Waals surface area contributed by atoms with Crippen LogP contribution >= 0.6 is 0 Å². The van der Waals surface area contributed by atoms with Gasteiger partial charge in [-0.05, 0) is 36.8 Å². The minimum absolute atomic E-state index is 0.0257. The number of alkyl halides is 3. The molecule has 1 fully saturated rings. The van der Waals surface area contributed by atoms with Gasteiger partial charge < -0.3 is 20.3 Å². The summed E-state index contributed by atoms with van der Waals surface area (Å²) in [5.41, 5.74) is -0.577. The lowest BCUT2D eigenvalue weighted by Gasteiger charge is -2.36. The molecule has 0 spiro atoms. The standard InChI is InChI=1S/C25H29F3N4O5S/c1-2-3-10-32-22-9-8-17(38(35,36)31-11-13-37-14-12-31)15-20(22)29-21(24(32)34)16-23(33)30-19-7-5-4-6-18(19)25(26,27)28/h4-9,15,21,29H,2-3,10-14,16H2,1H3,(H,30,33)/t21-/m0/s1. The van der Waals surface area contributed by atoms with E-state index in [0.29, 0.717) is 24.3 Å². The number of morpholine rings is 1. The van der Waals surface area contributed by atoms with E-state index >= 15 is 0 Å². The largest absolute Gasteiger partial charge is 0.418 e. The number of sulfonamides is 1. The minimum Gasteiger partial charge on any atom is -0.379 e. The minimum atomic E-state index is -4.67. The molecule has 2 aromatic rings. The summed E-state index contributed by atoms with van der Waals surface area (Å²) in [6.45, 7) is 3.31. The normalized spacial score (nSPS) is 18.6. The first-order chi connectivity index (χ1) is 18.0. The Balaban J connectivity index is 1.59. The van der Waals surface area contributed by atoms with Gasteiger partial charge in [-0.3, -0.25) is 9.59 Å². The van der Waals surface area contributed by atoms with Crippen molar-refractivity contribution in [3.05, 3.63) is 48.0 Å². The molecule has 2 N–H and O–H groups in total. The SMILES string of the molecule is CCCCN1C(=O)[C@H](CC(=O)Nc2ccccc2C(F)(F)F)Nc2cc(S(=O)(=O)N3CCOCC3)ccc21. The maximum atomic E-state index is 13.3. The summed E-state index contributed by atoms with van der Waals surface area (Å²) in [6.07, 6.45) is -3.67. The highest BCUT2D eigenvalue weighted by molar-refractivity contribution is 7.89. The van der Waals surface area contributed by atoms with Gasteiger partial charge in [0.1, 0.15) is 6.04 Å². The van der Waals surface area contributed by atoms with E-state index in [0.717, 1.165) is 18.6 Å². The van der Waals surface area contributed by atoms with Crippen molar-refractivity contribution in [2.75, 3.05) is 48.4 Å². The van der Waals surface area contributed by atoms with Gasteiger partial charge in [-0.2, -0.15) is 17.5 Å². The van der Waals surface area contributed by atoms with Gasteiger partial charge >= 0.3 is 6.18 Å². The number of benzene rings is 2. The molecule has 4 rings (SSSR count). The zero-order valence-electron chi connectivity index (χ0n) is 20.8.